The van der Waals surface area contributed by atoms with Gasteiger partial charge in [0.2, 0.25) is 0 Å². The van der Waals surface area contributed by atoms with Gasteiger partial charge in [-0.1, -0.05) is 11.6 Å². The lowest BCUT2D eigenvalue weighted by Crippen LogP contribution is -2.22. The van der Waals surface area contributed by atoms with Crippen molar-refractivity contribution in [2.75, 3.05) is 6.61 Å². The number of hydrogen-bond donors (Lipinski definition) is 2. The van der Waals surface area contributed by atoms with Crippen LogP contribution in [0.2, 0.25) is 5.02 Å². The Morgan fingerprint density at radius 3 is 3.06 bits per heavy atom. The predicted molar refractivity (Wildman–Crippen MR) is 70.0 cm³/mol. The van der Waals surface area contributed by atoms with Crippen LogP contribution in [-0.4, -0.2) is 26.2 Å². The number of nitrogens with zero attached hydrogens (tertiary/aromatic N) is 2. The average molecular weight is 264 g/mol. The molecule has 0 atom stereocenters. The summed E-state index contributed by atoms with van der Waals surface area (Å²) >= 11 is 5.94. The van der Waals surface area contributed by atoms with Gasteiger partial charge in [-0.05, 0) is 18.2 Å². The summed E-state index contributed by atoms with van der Waals surface area (Å²) in [7, 11) is 0. The van der Waals surface area contributed by atoms with Gasteiger partial charge < -0.3 is 10.1 Å². The molecule has 0 aliphatic rings. The highest BCUT2D eigenvalue weighted by Gasteiger charge is 2.10. The molecule has 0 amide bonds. The molecule has 5 nitrogen and oxygen atoms in total. The van der Waals surface area contributed by atoms with E-state index in [2.05, 4.69) is 9.97 Å². The lowest BCUT2D eigenvalue weighted by atomic mass is 10.2. The Labute approximate surface area is 107 Å². The number of aromatic nitrogens is 3. The summed E-state index contributed by atoms with van der Waals surface area (Å²) < 4.78 is 1.37. The van der Waals surface area contributed by atoms with Crippen LogP contribution in [0.25, 0.3) is 21.9 Å². The van der Waals surface area contributed by atoms with Gasteiger partial charge in [-0.15, -0.1) is 0 Å². The summed E-state index contributed by atoms with van der Waals surface area (Å²) in [4.78, 5) is 19.4. The average Bonchev–Trinajstić information content (AvgIpc) is 2.72. The molecule has 2 N–H and O–H groups in total. The van der Waals surface area contributed by atoms with Gasteiger partial charge >= 0.3 is 0 Å². The number of hydrogen-bond acceptors (Lipinski definition) is 3. The fourth-order valence-electron chi connectivity index (χ4n) is 2.03. The van der Waals surface area contributed by atoms with Gasteiger partial charge in [-0.2, -0.15) is 0 Å². The third-order valence-electron chi connectivity index (χ3n) is 2.88. The van der Waals surface area contributed by atoms with E-state index in [0.717, 1.165) is 10.9 Å². The van der Waals surface area contributed by atoms with Crippen LogP contribution in [-0.2, 0) is 6.54 Å². The molecule has 3 rings (SSSR count). The number of H-pyrrole nitrogens is 1. The monoisotopic (exact) mass is 263 g/mol. The first kappa shape index (κ1) is 11.3. The molecular weight excluding hydrogens is 254 g/mol. The van der Waals surface area contributed by atoms with Crippen molar-refractivity contribution in [1.82, 2.24) is 14.5 Å². The smallest absolute Gasteiger partial charge is 0.277 e. The lowest BCUT2D eigenvalue weighted by molar-refractivity contribution is 0.274. The normalized spacial score (nSPS) is 11.4. The van der Waals surface area contributed by atoms with Crippen LogP contribution in [0.1, 0.15) is 0 Å². The Balaban J connectivity index is 2.40. The number of aromatic amines is 1. The van der Waals surface area contributed by atoms with Gasteiger partial charge in [-0.25, -0.2) is 4.98 Å². The third kappa shape index (κ3) is 1.60. The van der Waals surface area contributed by atoms with Gasteiger partial charge in [0.25, 0.3) is 5.56 Å². The van der Waals surface area contributed by atoms with E-state index in [1.807, 2.05) is 6.07 Å². The molecule has 1 aromatic carbocycles. The Bertz CT molecular complexity index is 791. The first-order chi connectivity index (χ1) is 8.70. The van der Waals surface area contributed by atoms with Crippen molar-refractivity contribution in [2.24, 2.45) is 0 Å². The number of aliphatic hydroxyl groups is 1. The van der Waals surface area contributed by atoms with Crippen LogP contribution < -0.4 is 5.56 Å². The van der Waals surface area contributed by atoms with Crippen molar-refractivity contribution in [2.45, 2.75) is 6.54 Å². The summed E-state index contributed by atoms with van der Waals surface area (Å²) in [5.74, 6) is 0. The van der Waals surface area contributed by atoms with Crippen LogP contribution in [0.15, 0.2) is 29.3 Å². The topological polar surface area (TPSA) is 70.9 Å². The van der Waals surface area contributed by atoms with Gasteiger partial charge in [-0.3, -0.25) is 9.36 Å². The number of rotatable bonds is 2. The van der Waals surface area contributed by atoms with E-state index < -0.39 is 0 Å². The Morgan fingerprint density at radius 2 is 2.28 bits per heavy atom. The summed E-state index contributed by atoms with van der Waals surface area (Å²) in [6, 6.07) is 5.35. The summed E-state index contributed by atoms with van der Waals surface area (Å²) in [5.41, 5.74) is 1.66. The maximum absolute atomic E-state index is 12.1. The molecule has 0 fully saturated rings. The fourth-order valence-corrected chi connectivity index (χ4v) is 2.20. The van der Waals surface area contributed by atoms with Gasteiger partial charge in [0, 0.05) is 15.9 Å². The maximum atomic E-state index is 12.1. The van der Waals surface area contributed by atoms with Crippen LogP contribution in [0.4, 0.5) is 0 Å². The summed E-state index contributed by atoms with van der Waals surface area (Å²) in [6.45, 7) is 0.136. The van der Waals surface area contributed by atoms with E-state index in [0.29, 0.717) is 16.1 Å². The van der Waals surface area contributed by atoms with E-state index >= 15 is 0 Å². The molecule has 0 radical (unpaired) electrons. The van der Waals surface area contributed by atoms with Crippen molar-refractivity contribution in [1.29, 1.82) is 0 Å². The fraction of sp³-hybridized carbons (Fsp3) is 0.167. The van der Waals surface area contributed by atoms with E-state index in [9.17, 15) is 4.79 Å². The van der Waals surface area contributed by atoms with Gasteiger partial charge in [0.1, 0.15) is 11.0 Å². The zero-order chi connectivity index (χ0) is 12.7. The summed E-state index contributed by atoms with van der Waals surface area (Å²) in [5, 5.41) is 10.3. The second-order valence-corrected chi connectivity index (χ2v) is 4.44. The minimum Gasteiger partial charge on any atom is -0.395 e. The number of aliphatic hydroxyl groups excluding tert-OH is 1. The molecule has 2 heterocycles. The van der Waals surface area contributed by atoms with Crippen molar-refractivity contribution in [3.63, 3.8) is 0 Å². The Hall–Kier alpha value is -1.85. The maximum Gasteiger partial charge on any atom is 0.277 e. The van der Waals surface area contributed by atoms with Gasteiger partial charge in [0.15, 0.2) is 0 Å². The SMILES string of the molecule is O=c1c2[nH]c3ccc(Cl)cc3c2ncn1CCO. The third-order valence-corrected chi connectivity index (χ3v) is 3.11. The Kier molecular flexibility index (Phi) is 2.57. The first-order valence-electron chi connectivity index (χ1n) is 5.48. The molecule has 0 saturated heterocycles. The van der Waals surface area contributed by atoms with Crippen molar-refractivity contribution >= 4 is 33.5 Å². The van der Waals surface area contributed by atoms with Crippen molar-refractivity contribution < 1.29 is 5.11 Å². The van der Waals surface area contributed by atoms with E-state index in [4.69, 9.17) is 16.7 Å². The van der Waals surface area contributed by atoms with E-state index in [1.165, 1.54) is 10.9 Å². The van der Waals surface area contributed by atoms with Gasteiger partial charge in [0.05, 0.1) is 19.5 Å². The quantitative estimate of drug-likeness (QED) is 0.736. The predicted octanol–water partition coefficient (Wildman–Crippen LogP) is 1.52. The number of halogens is 1. The number of nitrogens with one attached hydrogen (secondary N) is 1. The van der Waals surface area contributed by atoms with Crippen molar-refractivity contribution in [3.8, 4) is 0 Å². The van der Waals surface area contributed by atoms with Crippen LogP contribution in [0, 0.1) is 0 Å². The Morgan fingerprint density at radius 1 is 1.44 bits per heavy atom. The molecular formula is C12H10ClN3O2. The zero-order valence-corrected chi connectivity index (χ0v) is 10.1. The molecule has 2 aromatic heterocycles. The minimum absolute atomic E-state index is 0.0981. The minimum atomic E-state index is -0.193. The van der Waals surface area contributed by atoms with E-state index in [1.54, 1.807) is 12.1 Å². The molecule has 0 aliphatic carbocycles. The highest BCUT2D eigenvalue weighted by Crippen LogP contribution is 2.24. The van der Waals surface area contributed by atoms with E-state index in [-0.39, 0.29) is 18.7 Å². The molecule has 0 spiro atoms. The summed E-state index contributed by atoms with van der Waals surface area (Å²) in [6.07, 6.45) is 1.44. The zero-order valence-electron chi connectivity index (χ0n) is 9.35. The highest BCUT2D eigenvalue weighted by molar-refractivity contribution is 6.31. The molecule has 0 bridgehead atoms. The first-order valence-corrected chi connectivity index (χ1v) is 5.86. The largest absolute Gasteiger partial charge is 0.395 e. The molecule has 3 aromatic rings. The molecule has 92 valence electrons. The molecule has 0 saturated carbocycles. The highest BCUT2D eigenvalue weighted by atomic mass is 35.5. The number of fused-ring (bicyclic) bond motifs is 3. The van der Waals surface area contributed by atoms with Crippen LogP contribution in [0.5, 0.6) is 0 Å². The molecule has 0 unspecified atom stereocenters. The van der Waals surface area contributed by atoms with Crippen LogP contribution in [0.3, 0.4) is 0 Å². The molecule has 6 heteroatoms. The van der Waals surface area contributed by atoms with Crippen molar-refractivity contribution in [3.05, 3.63) is 39.9 Å². The second kappa shape index (κ2) is 4.12. The number of benzene rings is 1. The second-order valence-electron chi connectivity index (χ2n) is 4.01. The molecule has 0 aliphatic heterocycles. The van der Waals surface area contributed by atoms with Crippen LogP contribution >= 0.6 is 11.6 Å². The molecule has 18 heavy (non-hydrogen) atoms. The lowest BCUT2D eigenvalue weighted by Gasteiger charge is -2.01. The standard InChI is InChI=1S/C12H10ClN3O2/c13-7-1-2-9-8(5-7)10-11(15-9)12(18)16(3-4-17)6-14-10/h1-2,5-6,15,17H,3-4H2.